The Balaban J connectivity index is 1.58. The van der Waals surface area contributed by atoms with Crippen LogP contribution in [0.2, 0.25) is 0 Å². The summed E-state index contributed by atoms with van der Waals surface area (Å²) in [6, 6.07) is 20.8. The lowest BCUT2D eigenvalue weighted by Crippen LogP contribution is -2.45. The van der Waals surface area contributed by atoms with E-state index in [1.807, 2.05) is 57.2 Å². The van der Waals surface area contributed by atoms with Gasteiger partial charge in [0.2, 0.25) is 11.8 Å². The zero-order chi connectivity index (χ0) is 27.9. The number of amides is 3. The van der Waals surface area contributed by atoms with E-state index < -0.39 is 11.9 Å². The molecule has 1 unspecified atom stereocenters. The second-order valence-electron chi connectivity index (χ2n) is 9.37. The first-order chi connectivity index (χ1) is 18.8. The maximum Gasteiger partial charge on any atom is 0.257 e. The number of rotatable bonds is 10. The molecule has 3 aromatic rings. The van der Waals surface area contributed by atoms with Crippen molar-refractivity contribution in [2.45, 2.75) is 50.7 Å². The number of nitrogens with zero attached hydrogens (tertiary/aromatic N) is 4. The van der Waals surface area contributed by atoms with E-state index in [-0.39, 0.29) is 36.5 Å². The van der Waals surface area contributed by atoms with Crippen LogP contribution in [-0.2, 0) is 20.9 Å². The lowest BCUT2D eigenvalue weighted by Gasteiger charge is -2.28. The van der Waals surface area contributed by atoms with Crippen LogP contribution in [0, 0.1) is 11.3 Å². The first-order valence-corrected chi connectivity index (χ1v) is 13.8. The summed E-state index contributed by atoms with van der Waals surface area (Å²) in [7, 11) is 0. The number of carbonyl (C=O) groups excluding carboxylic acids is 3. The Morgan fingerprint density at radius 3 is 2.49 bits per heavy atom. The highest BCUT2D eigenvalue weighted by Crippen LogP contribution is 2.30. The fourth-order valence-electron chi connectivity index (χ4n) is 4.33. The van der Waals surface area contributed by atoms with Crippen LogP contribution in [0.3, 0.4) is 0 Å². The molecule has 0 saturated carbocycles. The number of anilines is 1. The summed E-state index contributed by atoms with van der Waals surface area (Å²) >= 11 is 1.17. The third-order valence-corrected chi connectivity index (χ3v) is 7.32. The van der Waals surface area contributed by atoms with Crippen molar-refractivity contribution in [3.8, 4) is 11.8 Å². The topological polar surface area (TPSA) is 104 Å². The van der Waals surface area contributed by atoms with Gasteiger partial charge in [0.15, 0.2) is 0 Å². The largest absolute Gasteiger partial charge is 0.494 e. The van der Waals surface area contributed by atoms with Crippen molar-refractivity contribution < 1.29 is 19.1 Å². The fraction of sp³-hybridized carbons (Fsp3) is 0.300. The van der Waals surface area contributed by atoms with Crippen LogP contribution in [0.15, 0.2) is 71.8 Å². The minimum absolute atomic E-state index is 0.0307. The van der Waals surface area contributed by atoms with E-state index in [2.05, 4.69) is 11.1 Å². The van der Waals surface area contributed by atoms with Gasteiger partial charge in [-0.2, -0.15) is 5.26 Å². The van der Waals surface area contributed by atoms with Gasteiger partial charge >= 0.3 is 0 Å². The number of nitriles is 1. The molecule has 8 nitrogen and oxygen atoms in total. The first-order valence-electron chi connectivity index (χ1n) is 12.8. The number of aromatic nitrogens is 1. The SMILES string of the molecule is CCOc1ccc(N2C(=O)CC(N(Cc3ccccc3)C(=O)CSc3nc(C(C)C)ccc3C#N)C2=O)cc1. The molecule has 9 heteroatoms. The number of benzene rings is 2. The van der Waals surface area contributed by atoms with E-state index >= 15 is 0 Å². The van der Waals surface area contributed by atoms with Crippen LogP contribution in [-0.4, -0.2) is 46.0 Å². The van der Waals surface area contributed by atoms with Crippen molar-refractivity contribution in [1.29, 1.82) is 5.26 Å². The summed E-state index contributed by atoms with van der Waals surface area (Å²) in [5.41, 5.74) is 2.49. The van der Waals surface area contributed by atoms with Crippen molar-refractivity contribution in [1.82, 2.24) is 9.88 Å². The maximum atomic E-state index is 13.6. The van der Waals surface area contributed by atoms with Crippen LogP contribution >= 0.6 is 11.8 Å². The molecule has 39 heavy (non-hydrogen) atoms. The number of hydrogen-bond acceptors (Lipinski definition) is 7. The average molecular weight is 543 g/mol. The Kier molecular flexibility index (Phi) is 8.99. The molecule has 2 heterocycles. The summed E-state index contributed by atoms with van der Waals surface area (Å²) in [6.45, 7) is 6.57. The fourth-order valence-corrected chi connectivity index (χ4v) is 5.19. The number of ether oxygens (including phenoxy) is 1. The van der Waals surface area contributed by atoms with Crippen molar-refractivity contribution in [3.63, 3.8) is 0 Å². The van der Waals surface area contributed by atoms with Gasteiger partial charge in [0.25, 0.3) is 5.91 Å². The van der Waals surface area contributed by atoms with Crippen LogP contribution in [0.4, 0.5) is 5.69 Å². The quantitative estimate of drug-likeness (QED) is 0.264. The first kappa shape index (κ1) is 27.9. The van der Waals surface area contributed by atoms with Gasteiger partial charge in [0.05, 0.1) is 30.0 Å². The Bertz CT molecular complexity index is 1390. The van der Waals surface area contributed by atoms with E-state index in [1.54, 1.807) is 30.3 Å². The summed E-state index contributed by atoms with van der Waals surface area (Å²) in [5.74, 6) is -0.359. The van der Waals surface area contributed by atoms with Crippen molar-refractivity contribution >= 4 is 35.2 Å². The van der Waals surface area contributed by atoms with E-state index in [4.69, 9.17) is 4.74 Å². The zero-order valence-electron chi connectivity index (χ0n) is 22.2. The van der Waals surface area contributed by atoms with Crippen molar-refractivity contribution in [2.24, 2.45) is 0 Å². The van der Waals surface area contributed by atoms with Crippen LogP contribution in [0.5, 0.6) is 5.75 Å². The monoisotopic (exact) mass is 542 g/mol. The van der Waals surface area contributed by atoms with Gasteiger partial charge in [-0.1, -0.05) is 55.9 Å². The molecule has 0 aliphatic carbocycles. The standard InChI is InChI=1S/C30H30N4O4S/c1-4-38-24-13-11-23(12-14-24)34-27(35)16-26(30(34)37)33(18-21-8-6-5-7-9-21)28(36)19-39-29-22(17-31)10-15-25(32-29)20(2)3/h5-15,20,26H,4,16,18-19H2,1-3H3. The second kappa shape index (κ2) is 12.6. The molecule has 1 aliphatic rings. The Morgan fingerprint density at radius 2 is 1.85 bits per heavy atom. The van der Waals surface area contributed by atoms with Gasteiger partial charge in [-0.15, -0.1) is 0 Å². The maximum absolute atomic E-state index is 13.6. The van der Waals surface area contributed by atoms with Crippen LogP contribution < -0.4 is 9.64 Å². The van der Waals surface area contributed by atoms with Gasteiger partial charge < -0.3 is 9.64 Å². The van der Waals surface area contributed by atoms with Crippen molar-refractivity contribution in [2.75, 3.05) is 17.3 Å². The minimum atomic E-state index is -0.942. The molecular weight excluding hydrogens is 512 g/mol. The van der Waals surface area contributed by atoms with E-state index in [0.717, 1.165) is 16.2 Å². The molecule has 0 bridgehead atoms. The molecule has 0 radical (unpaired) electrons. The Labute approximate surface area is 232 Å². The molecule has 2 aromatic carbocycles. The van der Waals surface area contributed by atoms with Gasteiger partial charge in [-0.05, 0) is 54.8 Å². The molecule has 1 atom stereocenters. The second-order valence-corrected chi connectivity index (χ2v) is 10.3. The highest BCUT2D eigenvalue weighted by molar-refractivity contribution is 8.00. The highest BCUT2D eigenvalue weighted by Gasteiger charge is 2.44. The molecule has 1 aliphatic heterocycles. The number of imide groups is 1. The average Bonchev–Trinajstić information content (AvgIpc) is 3.24. The molecule has 0 N–H and O–H groups in total. The lowest BCUT2D eigenvalue weighted by atomic mass is 10.1. The van der Waals surface area contributed by atoms with Gasteiger partial charge in [0, 0.05) is 12.2 Å². The molecule has 4 rings (SSSR count). The Morgan fingerprint density at radius 1 is 1.13 bits per heavy atom. The summed E-state index contributed by atoms with van der Waals surface area (Å²) in [4.78, 5) is 47.4. The molecule has 1 aromatic heterocycles. The van der Waals surface area contributed by atoms with Crippen LogP contribution in [0.1, 0.15) is 49.9 Å². The third-order valence-electron chi connectivity index (χ3n) is 6.35. The summed E-state index contributed by atoms with van der Waals surface area (Å²) in [6.07, 6.45) is -0.111. The normalized spacial score (nSPS) is 14.9. The summed E-state index contributed by atoms with van der Waals surface area (Å²) in [5, 5.41) is 10.0. The molecule has 0 spiro atoms. The molecule has 200 valence electrons. The van der Waals surface area contributed by atoms with Gasteiger partial charge in [0.1, 0.15) is 22.9 Å². The predicted octanol–water partition coefficient (Wildman–Crippen LogP) is 4.93. The predicted molar refractivity (Wildman–Crippen MR) is 149 cm³/mol. The Hall–Kier alpha value is -4.16. The molecule has 1 saturated heterocycles. The van der Waals surface area contributed by atoms with E-state index in [9.17, 15) is 19.6 Å². The lowest BCUT2D eigenvalue weighted by molar-refractivity contribution is -0.136. The molecule has 1 fully saturated rings. The van der Waals surface area contributed by atoms with Crippen LogP contribution in [0.25, 0.3) is 0 Å². The third kappa shape index (κ3) is 6.47. The smallest absolute Gasteiger partial charge is 0.257 e. The highest BCUT2D eigenvalue weighted by atomic mass is 32.2. The van der Waals surface area contributed by atoms with E-state index in [0.29, 0.717) is 28.6 Å². The number of pyridine rings is 1. The summed E-state index contributed by atoms with van der Waals surface area (Å²) < 4.78 is 5.47. The number of hydrogen-bond donors (Lipinski definition) is 0. The van der Waals surface area contributed by atoms with Gasteiger partial charge in [-0.3, -0.25) is 14.4 Å². The number of thioether (sulfide) groups is 1. The molecule has 3 amide bonds. The van der Waals surface area contributed by atoms with Crippen molar-refractivity contribution in [3.05, 3.63) is 83.6 Å². The zero-order valence-corrected chi connectivity index (χ0v) is 23.0. The molecular formula is C30H30N4O4S. The van der Waals surface area contributed by atoms with E-state index in [1.165, 1.54) is 16.7 Å². The minimum Gasteiger partial charge on any atom is -0.494 e. The van der Waals surface area contributed by atoms with Gasteiger partial charge in [-0.25, -0.2) is 9.88 Å². The number of carbonyl (C=O) groups is 3.